The Labute approximate surface area is 95.2 Å². The molecule has 0 radical (unpaired) electrons. The molecule has 1 aliphatic rings. The van der Waals surface area contributed by atoms with Gasteiger partial charge in [0.15, 0.2) is 0 Å². The summed E-state index contributed by atoms with van der Waals surface area (Å²) >= 11 is 0. The lowest BCUT2D eigenvalue weighted by atomic mass is 10.2. The highest BCUT2D eigenvalue weighted by atomic mass is 16.5. The van der Waals surface area contributed by atoms with Crippen molar-refractivity contribution in [2.45, 2.75) is 13.3 Å². The van der Waals surface area contributed by atoms with Crippen LogP contribution in [0.15, 0.2) is 0 Å². The molecule has 0 bridgehead atoms. The van der Waals surface area contributed by atoms with Crippen molar-refractivity contribution in [1.82, 2.24) is 9.78 Å². The molecule has 0 aromatic carbocycles. The molecule has 1 aliphatic heterocycles. The minimum Gasteiger partial charge on any atom is -0.380 e. The Hall–Kier alpha value is -1.54. The summed E-state index contributed by atoms with van der Waals surface area (Å²) in [7, 11) is 1.88. The first-order chi connectivity index (χ1) is 7.74. The van der Waals surface area contributed by atoms with E-state index in [0.29, 0.717) is 5.56 Å². The second-order valence-electron chi connectivity index (χ2n) is 3.97. The van der Waals surface area contributed by atoms with Gasteiger partial charge in [0.1, 0.15) is 17.5 Å². The van der Waals surface area contributed by atoms with Crippen LogP contribution < -0.4 is 4.90 Å². The number of hydrogen-bond acceptors (Lipinski definition) is 4. The lowest BCUT2D eigenvalue weighted by molar-refractivity contribution is 0.152. The summed E-state index contributed by atoms with van der Waals surface area (Å²) in [6, 6.07) is 2.24. The van der Waals surface area contributed by atoms with Gasteiger partial charge >= 0.3 is 0 Å². The van der Waals surface area contributed by atoms with Crippen LogP contribution in [0.4, 0.5) is 5.82 Å². The summed E-state index contributed by atoms with van der Waals surface area (Å²) in [5, 5.41) is 13.5. The maximum atomic E-state index is 9.15. The normalized spacial score (nSPS) is 16.9. The molecule has 1 aromatic rings. The van der Waals surface area contributed by atoms with Gasteiger partial charge in [0.2, 0.25) is 0 Å². The van der Waals surface area contributed by atoms with Gasteiger partial charge in [-0.25, -0.2) is 0 Å². The van der Waals surface area contributed by atoms with Gasteiger partial charge in [-0.3, -0.25) is 4.68 Å². The van der Waals surface area contributed by atoms with Crippen LogP contribution in [0.2, 0.25) is 0 Å². The molecule has 0 atom stereocenters. The Bertz CT molecular complexity index is 410. The van der Waals surface area contributed by atoms with Crippen LogP contribution in [-0.2, 0) is 11.8 Å². The Morgan fingerprint density at radius 2 is 2.19 bits per heavy atom. The van der Waals surface area contributed by atoms with Crippen LogP contribution in [0.25, 0.3) is 0 Å². The van der Waals surface area contributed by atoms with Gasteiger partial charge in [-0.2, -0.15) is 10.4 Å². The van der Waals surface area contributed by atoms with Crippen molar-refractivity contribution in [3.05, 3.63) is 11.3 Å². The fourth-order valence-corrected chi connectivity index (χ4v) is 2.10. The maximum Gasteiger partial charge on any atom is 0.145 e. The minimum atomic E-state index is 0.685. The standard InChI is InChI=1S/C11H16N4O/c1-9-10(8-12)11(14(2)13-9)15-4-3-6-16-7-5-15/h3-7H2,1-2H3. The van der Waals surface area contributed by atoms with Gasteiger partial charge in [-0.05, 0) is 13.3 Å². The fourth-order valence-electron chi connectivity index (χ4n) is 2.10. The van der Waals surface area contributed by atoms with E-state index in [1.807, 2.05) is 14.0 Å². The molecule has 0 saturated carbocycles. The highest BCUT2D eigenvalue weighted by Gasteiger charge is 2.20. The largest absolute Gasteiger partial charge is 0.380 e. The molecule has 0 amide bonds. The van der Waals surface area contributed by atoms with Gasteiger partial charge in [0, 0.05) is 26.7 Å². The number of aryl methyl sites for hydroxylation is 2. The maximum absolute atomic E-state index is 9.15. The molecule has 2 rings (SSSR count). The zero-order valence-electron chi connectivity index (χ0n) is 9.73. The van der Waals surface area contributed by atoms with Gasteiger partial charge in [0.25, 0.3) is 0 Å². The second-order valence-corrected chi connectivity index (χ2v) is 3.97. The molecule has 5 heteroatoms. The number of ether oxygens (including phenoxy) is 1. The predicted molar refractivity (Wildman–Crippen MR) is 60.3 cm³/mol. The predicted octanol–water partition coefficient (Wildman–Crippen LogP) is 0.827. The molecule has 2 heterocycles. The molecule has 0 unspecified atom stereocenters. The van der Waals surface area contributed by atoms with E-state index in [1.54, 1.807) is 4.68 Å². The Balaban J connectivity index is 2.34. The SMILES string of the molecule is Cc1nn(C)c(N2CCCOCC2)c1C#N. The molecule has 16 heavy (non-hydrogen) atoms. The van der Waals surface area contributed by atoms with Crippen LogP contribution in [0.1, 0.15) is 17.7 Å². The lowest BCUT2D eigenvalue weighted by Crippen LogP contribution is -2.28. The van der Waals surface area contributed by atoms with E-state index in [4.69, 9.17) is 10.00 Å². The topological polar surface area (TPSA) is 54.1 Å². The quantitative estimate of drug-likeness (QED) is 0.703. The van der Waals surface area contributed by atoms with E-state index in [9.17, 15) is 0 Å². The molecule has 0 N–H and O–H groups in total. The molecule has 86 valence electrons. The first-order valence-corrected chi connectivity index (χ1v) is 5.50. The monoisotopic (exact) mass is 220 g/mol. The van der Waals surface area contributed by atoms with Crippen LogP contribution in [-0.4, -0.2) is 36.1 Å². The number of anilines is 1. The Morgan fingerprint density at radius 1 is 1.38 bits per heavy atom. The van der Waals surface area contributed by atoms with E-state index >= 15 is 0 Å². The van der Waals surface area contributed by atoms with Gasteiger partial charge in [-0.1, -0.05) is 0 Å². The fraction of sp³-hybridized carbons (Fsp3) is 0.636. The Morgan fingerprint density at radius 3 is 2.94 bits per heavy atom. The summed E-state index contributed by atoms with van der Waals surface area (Å²) in [6.07, 6.45) is 0.995. The highest BCUT2D eigenvalue weighted by molar-refractivity contribution is 5.57. The van der Waals surface area contributed by atoms with E-state index < -0.39 is 0 Å². The summed E-state index contributed by atoms with van der Waals surface area (Å²) in [5.41, 5.74) is 1.48. The highest BCUT2D eigenvalue weighted by Crippen LogP contribution is 2.22. The Kier molecular flexibility index (Phi) is 3.11. The van der Waals surface area contributed by atoms with Gasteiger partial charge in [-0.15, -0.1) is 0 Å². The van der Waals surface area contributed by atoms with Gasteiger partial charge in [0.05, 0.1) is 12.3 Å². The molecule has 5 nitrogen and oxygen atoms in total. The van der Waals surface area contributed by atoms with Crippen molar-refractivity contribution in [2.24, 2.45) is 7.05 Å². The average Bonchev–Trinajstić information content (AvgIpc) is 2.48. The molecule has 1 saturated heterocycles. The molecule has 0 aliphatic carbocycles. The van der Waals surface area contributed by atoms with Crippen molar-refractivity contribution in [3.8, 4) is 6.07 Å². The second kappa shape index (κ2) is 4.54. The van der Waals surface area contributed by atoms with Crippen molar-refractivity contribution < 1.29 is 4.74 Å². The summed E-state index contributed by atoms with van der Waals surface area (Å²) in [6.45, 7) is 5.14. The van der Waals surface area contributed by atoms with Crippen LogP contribution >= 0.6 is 0 Å². The number of nitriles is 1. The molecular formula is C11H16N4O. The minimum absolute atomic E-state index is 0.685. The number of hydrogen-bond donors (Lipinski definition) is 0. The first kappa shape index (κ1) is 11.0. The zero-order valence-corrected chi connectivity index (χ0v) is 9.73. The summed E-state index contributed by atoms with van der Waals surface area (Å²) in [4.78, 5) is 2.19. The summed E-state index contributed by atoms with van der Waals surface area (Å²) in [5.74, 6) is 0.922. The zero-order chi connectivity index (χ0) is 11.5. The van der Waals surface area contributed by atoms with Crippen molar-refractivity contribution in [2.75, 3.05) is 31.2 Å². The smallest absolute Gasteiger partial charge is 0.145 e. The van der Waals surface area contributed by atoms with Crippen molar-refractivity contribution in [1.29, 1.82) is 5.26 Å². The molecule has 0 spiro atoms. The van der Waals surface area contributed by atoms with Crippen LogP contribution in [0, 0.1) is 18.3 Å². The third-order valence-electron chi connectivity index (χ3n) is 2.83. The third kappa shape index (κ3) is 1.89. The number of nitrogens with zero attached hydrogens (tertiary/aromatic N) is 4. The number of rotatable bonds is 1. The van der Waals surface area contributed by atoms with E-state index in [2.05, 4.69) is 16.1 Å². The van der Waals surface area contributed by atoms with Crippen LogP contribution in [0.3, 0.4) is 0 Å². The van der Waals surface area contributed by atoms with E-state index in [-0.39, 0.29) is 0 Å². The summed E-state index contributed by atoms with van der Waals surface area (Å²) < 4.78 is 7.20. The number of aromatic nitrogens is 2. The average molecular weight is 220 g/mol. The van der Waals surface area contributed by atoms with Crippen molar-refractivity contribution in [3.63, 3.8) is 0 Å². The first-order valence-electron chi connectivity index (χ1n) is 5.50. The lowest BCUT2D eigenvalue weighted by Gasteiger charge is -2.21. The van der Waals surface area contributed by atoms with Crippen molar-refractivity contribution >= 4 is 5.82 Å². The van der Waals surface area contributed by atoms with Gasteiger partial charge < -0.3 is 9.64 Å². The van der Waals surface area contributed by atoms with Crippen LogP contribution in [0.5, 0.6) is 0 Å². The molecular weight excluding hydrogens is 204 g/mol. The molecule has 1 aromatic heterocycles. The third-order valence-corrected chi connectivity index (χ3v) is 2.83. The van der Waals surface area contributed by atoms with E-state index in [1.165, 1.54) is 0 Å². The molecule has 1 fully saturated rings. The van der Waals surface area contributed by atoms with E-state index in [0.717, 1.165) is 44.2 Å².